The Labute approximate surface area is 173 Å². The molecule has 2 aromatic heterocycles. The number of ether oxygens (including phenoxy) is 1. The van der Waals surface area contributed by atoms with E-state index in [1.165, 1.54) is 30.0 Å². The van der Waals surface area contributed by atoms with Crippen LogP contribution in [-0.4, -0.2) is 27.5 Å². The number of nitrogens with zero attached hydrogens (tertiary/aromatic N) is 3. The SMILES string of the molecule is Cc1cc(=O)oc2cc(OCCSc3nnc(-c4cccc([N+](=O)[O-])c4)o3)ccc12. The summed E-state index contributed by atoms with van der Waals surface area (Å²) >= 11 is 1.30. The average Bonchev–Trinajstić information content (AvgIpc) is 3.20. The molecule has 10 heteroatoms. The van der Waals surface area contributed by atoms with Gasteiger partial charge in [-0.1, -0.05) is 17.8 Å². The Morgan fingerprint density at radius 3 is 2.83 bits per heavy atom. The van der Waals surface area contributed by atoms with E-state index in [9.17, 15) is 14.9 Å². The molecule has 4 aromatic rings. The maximum Gasteiger partial charge on any atom is 0.336 e. The minimum Gasteiger partial charge on any atom is -0.493 e. The number of hydrogen-bond acceptors (Lipinski definition) is 9. The van der Waals surface area contributed by atoms with Crippen LogP contribution in [0.25, 0.3) is 22.4 Å². The summed E-state index contributed by atoms with van der Waals surface area (Å²) in [6.07, 6.45) is 0. The van der Waals surface area contributed by atoms with Crippen LogP contribution in [-0.2, 0) is 0 Å². The second-order valence-corrected chi connectivity index (χ2v) is 7.33. The van der Waals surface area contributed by atoms with Crippen LogP contribution in [0.2, 0.25) is 0 Å². The maximum absolute atomic E-state index is 11.5. The van der Waals surface area contributed by atoms with Crippen LogP contribution in [0, 0.1) is 17.0 Å². The Balaban J connectivity index is 1.35. The normalized spacial score (nSPS) is 11.0. The van der Waals surface area contributed by atoms with Crippen molar-refractivity contribution < 1.29 is 18.5 Å². The van der Waals surface area contributed by atoms with E-state index in [1.807, 2.05) is 19.1 Å². The third kappa shape index (κ3) is 4.33. The molecule has 0 unspecified atom stereocenters. The van der Waals surface area contributed by atoms with Gasteiger partial charge in [-0.3, -0.25) is 10.1 Å². The monoisotopic (exact) mass is 425 g/mol. The quantitative estimate of drug-likeness (QED) is 0.141. The Morgan fingerprint density at radius 1 is 1.13 bits per heavy atom. The van der Waals surface area contributed by atoms with Crippen LogP contribution >= 0.6 is 11.8 Å². The van der Waals surface area contributed by atoms with Crippen molar-refractivity contribution in [2.24, 2.45) is 0 Å². The first-order valence-electron chi connectivity index (χ1n) is 8.88. The largest absolute Gasteiger partial charge is 0.493 e. The van der Waals surface area contributed by atoms with Crippen LogP contribution in [0.15, 0.2) is 67.4 Å². The van der Waals surface area contributed by atoms with E-state index in [4.69, 9.17) is 13.6 Å². The zero-order chi connectivity index (χ0) is 21.1. The maximum atomic E-state index is 11.5. The minimum atomic E-state index is -0.480. The zero-order valence-corrected chi connectivity index (χ0v) is 16.5. The second kappa shape index (κ2) is 8.37. The van der Waals surface area contributed by atoms with E-state index in [1.54, 1.807) is 18.2 Å². The molecule has 0 spiro atoms. The summed E-state index contributed by atoms with van der Waals surface area (Å²) in [5.74, 6) is 1.33. The molecule has 0 fully saturated rings. The molecule has 9 nitrogen and oxygen atoms in total. The minimum absolute atomic E-state index is 0.0466. The number of hydrogen-bond donors (Lipinski definition) is 0. The average molecular weight is 425 g/mol. The van der Waals surface area contributed by atoms with Crippen LogP contribution in [0.1, 0.15) is 5.56 Å². The molecular weight excluding hydrogens is 410 g/mol. The van der Waals surface area contributed by atoms with Gasteiger partial charge >= 0.3 is 5.63 Å². The number of rotatable bonds is 7. The number of non-ortho nitro benzene ring substituents is 1. The smallest absolute Gasteiger partial charge is 0.336 e. The fourth-order valence-corrected chi connectivity index (χ4v) is 3.40. The summed E-state index contributed by atoms with van der Waals surface area (Å²) in [5.41, 5.74) is 1.36. The molecule has 0 saturated heterocycles. The summed E-state index contributed by atoms with van der Waals surface area (Å²) in [5, 5.41) is 20.0. The van der Waals surface area contributed by atoms with E-state index in [2.05, 4.69) is 10.2 Å². The van der Waals surface area contributed by atoms with E-state index in [-0.39, 0.29) is 11.6 Å². The Kier molecular flexibility index (Phi) is 5.48. The van der Waals surface area contributed by atoms with Crippen molar-refractivity contribution in [3.05, 3.63) is 74.6 Å². The molecule has 2 heterocycles. The van der Waals surface area contributed by atoms with Gasteiger partial charge in [0.25, 0.3) is 10.9 Å². The van der Waals surface area contributed by atoms with Crippen molar-refractivity contribution in [2.45, 2.75) is 12.1 Å². The van der Waals surface area contributed by atoms with Gasteiger partial charge < -0.3 is 13.6 Å². The number of nitro groups is 1. The highest BCUT2D eigenvalue weighted by Gasteiger charge is 2.13. The zero-order valence-electron chi connectivity index (χ0n) is 15.7. The topological polar surface area (TPSA) is 122 Å². The van der Waals surface area contributed by atoms with Crippen LogP contribution in [0.5, 0.6) is 5.75 Å². The summed E-state index contributed by atoms with van der Waals surface area (Å²) in [4.78, 5) is 21.9. The van der Waals surface area contributed by atoms with E-state index in [0.29, 0.717) is 34.5 Å². The first-order valence-corrected chi connectivity index (χ1v) is 9.86. The Morgan fingerprint density at radius 2 is 2.00 bits per heavy atom. The first kappa shape index (κ1) is 19.6. The highest BCUT2D eigenvalue weighted by atomic mass is 32.2. The molecular formula is C20H15N3O6S. The molecule has 30 heavy (non-hydrogen) atoms. The molecule has 0 amide bonds. The summed E-state index contributed by atoms with van der Waals surface area (Å²) in [7, 11) is 0. The number of benzene rings is 2. The van der Waals surface area contributed by atoms with Gasteiger partial charge in [0.15, 0.2) is 0 Å². The number of nitro benzene ring substituents is 1. The molecule has 0 aliphatic rings. The Hall–Kier alpha value is -3.66. The molecule has 152 valence electrons. The highest BCUT2D eigenvalue weighted by molar-refractivity contribution is 7.99. The Bertz CT molecular complexity index is 1280. The third-order valence-corrected chi connectivity index (χ3v) is 4.99. The molecule has 0 N–H and O–H groups in total. The van der Waals surface area contributed by atoms with Crippen molar-refractivity contribution in [3.8, 4) is 17.2 Å². The van der Waals surface area contributed by atoms with E-state index < -0.39 is 10.5 Å². The molecule has 0 radical (unpaired) electrons. The second-order valence-electron chi connectivity index (χ2n) is 6.28. The first-order chi connectivity index (χ1) is 14.5. The molecule has 4 rings (SSSR count). The van der Waals surface area contributed by atoms with Crippen molar-refractivity contribution in [1.82, 2.24) is 10.2 Å². The molecule has 0 saturated carbocycles. The molecule has 0 aliphatic heterocycles. The van der Waals surface area contributed by atoms with Gasteiger partial charge in [0.1, 0.15) is 11.3 Å². The lowest BCUT2D eigenvalue weighted by atomic mass is 10.1. The predicted molar refractivity (Wildman–Crippen MR) is 110 cm³/mol. The summed E-state index contributed by atoms with van der Waals surface area (Å²) < 4.78 is 16.5. The van der Waals surface area contributed by atoms with Crippen LogP contribution < -0.4 is 10.4 Å². The van der Waals surface area contributed by atoms with Crippen molar-refractivity contribution in [3.63, 3.8) is 0 Å². The molecule has 0 bridgehead atoms. The lowest BCUT2D eigenvalue weighted by Gasteiger charge is -2.06. The molecule has 0 aliphatic carbocycles. The van der Waals surface area contributed by atoms with Crippen LogP contribution in [0.3, 0.4) is 0 Å². The van der Waals surface area contributed by atoms with Crippen molar-refractivity contribution in [1.29, 1.82) is 0 Å². The summed E-state index contributed by atoms with van der Waals surface area (Å²) in [6.45, 7) is 2.21. The highest BCUT2D eigenvalue weighted by Crippen LogP contribution is 2.26. The predicted octanol–water partition coefficient (Wildman–Crippen LogP) is 4.23. The van der Waals surface area contributed by atoms with Gasteiger partial charge in [-0.05, 0) is 30.7 Å². The van der Waals surface area contributed by atoms with Gasteiger partial charge in [-0.15, -0.1) is 10.2 Å². The molecule has 2 aromatic carbocycles. The van der Waals surface area contributed by atoms with Gasteiger partial charge in [-0.25, -0.2) is 4.79 Å². The van der Waals surface area contributed by atoms with Gasteiger partial charge in [0, 0.05) is 41.0 Å². The number of aromatic nitrogens is 2. The summed E-state index contributed by atoms with van der Waals surface area (Å²) in [6, 6.07) is 12.8. The van der Waals surface area contributed by atoms with Crippen LogP contribution in [0.4, 0.5) is 5.69 Å². The number of fused-ring (bicyclic) bond motifs is 1. The third-order valence-electron chi connectivity index (χ3n) is 4.21. The fraction of sp³-hybridized carbons (Fsp3) is 0.150. The molecule has 0 atom stereocenters. The van der Waals surface area contributed by atoms with Crippen molar-refractivity contribution in [2.75, 3.05) is 12.4 Å². The van der Waals surface area contributed by atoms with E-state index in [0.717, 1.165) is 10.9 Å². The lowest BCUT2D eigenvalue weighted by Crippen LogP contribution is -2.01. The standard InChI is InChI=1S/C20H15N3O6S/c1-12-9-18(24)28-17-11-15(5-6-16(12)17)27-7-8-30-20-22-21-19(29-20)13-3-2-4-14(10-13)23(25)26/h2-6,9-11H,7-8H2,1H3. The van der Waals surface area contributed by atoms with E-state index >= 15 is 0 Å². The fourth-order valence-electron chi connectivity index (χ4n) is 2.82. The lowest BCUT2D eigenvalue weighted by molar-refractivity contribution is -0.384. The van der Waals surface area contributed by atoms with Gasteiger partial charge in [0.2, 0.25) is 5.89 Å². The number of aryl methyl sites for hydroxylation is 1. The van der Waals surface area contributed by atoms with Crippen molar-refractivity contribution >= 4 is 28.4 Å². The van der Waals surface area contributed by atoms with Gasteiger partial charge in [0.05, 0.1) is 11.5 Å². The van der Waals surface area contributed by atoms with Gasteiger partial charge in [-0.2, -0.15) is 0 Å². The number of thioether (sulfide) groups is 1.